The third-order valence-electron chi connectivity index (χ3n) is 5.83. The van der Waals surface area contributed by atoms with Crippen LogP contribution in [0.5, 0.6) is 23.0 Å². The summed E-state index contributed by atoms with van der Waals surface area (Å²) in [5.74, 6) is 1.63. The van der Waals surface area contributed by atoms with Crippen LogP contribution >= 0.6 is 0 Å². The molecule has 2 heterocycles. The third-order valence-corrected chi connectivity index (χ3v) is 5.83. The van der Waals surface area contributed by atoms with Crippen LogP contribution in [0.25, 0.3) is 11.6 Å². The van der Waals surface area contributed by atoms with Crippen LogP contribution in [0.4, 0.5) is 0 Å². The Morgan fingerprint density at radius 1 is 0.882 bits per heavy atom. The van der Waals surface area contributed by atoms with Crippen molar-refractivity contribution in [3.8, 4) is 23.0 Å². The molecule has 0 saturated carbocycles. The van der Waals surface area contributed by atoms with Crippen LogP contribution in [0.2, 0.25) is 0 Å². The van der Waals surface area contributed by atoms with E-state index >= 15 is 0 Å². The molecular formula is C27H23NO6. The van der Waals surface area contributed by atoms with Gasteiger partial charge in [0.25, 0.3) is 11.8 Å². The molecule has 0 radical (unpaired) electrons. The van der Waals surface area contributed by atoms with Gasteiger partial charge in [-0.1, -0.05) is 30.3 Å². The number of amides is 2. The van der Waals surface area contributed by atoms with Gasteiger partial charge < -0.3 is 18.9 Å². The van der Waals surface area contributed by atoms with Crippen molar-refractivity contribution in [3.05, 3.63) is 82.9 Å². The number of hydrogen-bond donors (Lipinski definition) is 0. The second-order valence-electron chi connectivity index (χ2n) is 7.90. The maximum absolute atomic E-state index is 13.6. The van der Waals surface area contributed by atoms with Crippen LogP contribution in [-0.4, -0.2) is 44.1 Å². The average Bonchev–Trinajstić information content (AvgIpc) is 2.89. The van der Waals surface area contributed by atoms with Gasteiger partial charge >= 0.3 is 0 Å². The molecule has 0 N–H and O–H groups in total. The standard InChI is InChI=1S/C27H23NO6/c1-31-19-9-7-17(8-10-19)16-28-26(29)21-6-4-3-5-20(21)22(27(28)30)13-18-14-23(32-2)25-24(15-18)33-11-12-34-25/h3-10,13-15H,11-12,16H2,1-2H3. The number of fused-ring (bicyclic) bond motifs is 2. The smallest absolute Gasteiger partial charge is 0.261 e. The lowest BCUT2D eigenvalue weighted by molar-refractivity contribution is -0.123. The molecule has 0 fully saturated rings. The Bertz CT molecular complexity index is 1280. The molecule has 2 aliphatic heterocycles. The molecule has 34 heavy (non-hydrogen) atoms. The number of imide groups is 1. The molecule has 0 bridgehead atoms. The van der Waals surface area contributed by atoms with E-state index in [9.17, 15) is 9.59 Å². The summed E-state index contributed by atoms with van der Waals surface area (Å²) in [5.41, 5.74) is 3.02. The highest BCUT2D eigenvalue weighted by atomic mass is 16.6. The van der Waals surface area contributed by atoms with Gasteiger partial charge in [-0.3, -0.25) is 14.5 Å². The molecule has 0 unspecified atom stereocenters. The molecule has 7 nitrogen and oxygen atoms in total. The van der Waals surface area contributed by atoms with E-state index in [0.29, 0.717) is 58.5 Å². The molecule has 5 rings (SSSR count). The second-order valence-corrected chi connectivity index (χ2v) is 7.90. The number of carbonyl (C=O) groups is 2. The number of ether oxygens (including phenoxy) is 4. The molecule has 0 aliphatic carbocycles. The van der Waals surface area contributed by atoms with E-state index in [0.717, 1.165) is 5.56 Å². The summed E-state index contributed by atoms with van der Waals surface area (Å²) in [7, 11) is 3.15. The number of benzene rings is 3. The van der Waals surface area contributed by atoms with Gasteiger partial charge in [0.2, 0.25) is 5.75 Å². The Labute approximate surface area is 197 Å². The summed E-state index contributed by atoms with van der Waals surface area (Å²) in [6.45, 7) is 1.03. The van der Waals surface area contributed by atoms with E-state index in [1.165, 1.54) is 4.90 Å². The maximum Gasteiger partial charge on any atom is 0.261 e. The molecule has 3 aromatic carbocycles. The Kier molecular flexibility index (Phi) is 5.67. The van der Waals surface area contributed by atoms with Crippen molar-refractivity contribution in [1.82, 2.24) is 4.90 Å². The Morgan fingerprint density at radius 2 is 1.62 bits per heavy atom. The highest BCUT2D eigenvalue weighted by molar-refractivity contribution is 6.33. The van der Waals surface area contributed by atoms with Gasteiger partial charge in [-0.25, -0.2) is 0 Å². The topological polar surface area (TPSA) is 74.3 Å². The molecule has 3 aromatic rings. The molecule has 172 valence electrons. The van der Waals surface area contributed by atoms with Crippen molar-refractivity contribution in [2.75, 3.05) is 27.4 Å². The summed E-state index contributed by atoms with van der Waals surface area (Å²) in [4.78, 5) is 28.1. The quantitative estimate of drug-likeness (QED) is 0.422. The minimum absolute atomic E-state index is 0.151. The van der Waals surface area contributed by atoms with E-state index < -0.39 is 0 Å². The molecule has 0 spiro atoms. The number of nitrogens with zero attached hydrogens (tertiary/aromatic N) is 1. The highest BCUT2D eigenvalue weighted by Gasteiger charge is 2.34. The molecule has 0 aromatic heterocycles. The lowest BCUT2D eigenvalue weighted by atomic mass is 9.91. The summed E-state index contributed by atoms with van der Waals surface area (Å²) in [6.07, 6.45) is 1.76. The van der Waals surface area contributed by atoms with E-state index in [2.05, 4.69) is 0 Å². The van der Waals surface area contributed by atoms with Gasteiger partial charge in [0.15, 0.2) is 11.5 Å². The first kappa shape index (κ1) is 21.6. The highest BCUT2D eigenvalue weighted by Crippen LogP contribution is 2.41. The van der Waals surface area contributed by atoms with Gasteiger partial charge in [0.05, 0.1) is 20.8 Å². The van der Waals surface area contributed by atoms with Crippen molar-refractivity contribution in [2.24, 2.45) is 0 Å². The third kappa shape index (κ3) is 3.85. The summed E-state index contributed by atoms with van der Waals surface area (Å²) < 4.78 is 22.1. The van der Waals surface area contributed by atoms with Crippen LogP contribution in [0.1, 0.15) is 27.0 Å². The Morgan fingerprint density at radius 3 is 2.35 bits per heavy atom. The van der Waals surface area contributed by atoms with Gasteiger partial charge in [0, 0.05) is 11.1 Å². The van der Waals surface area contributed by atoms with Crippen LogP contribution in [0, 0.1) is 0 Å². The predicted molar refractivity (Wildman–Crippen MR) is 126 cm³/mol. The van der Waals surface area contributed by atoms with Crippen molar-refractivity contribution in [3.63, 3.8) is 0 Å². The molecule has 0 atom stereocenters. The van der Waals surface area contributed by atoms with Gasteiger partial charge in [0.1, 0.15) is 19.0 Å². The van der Waals surface area contributed by atoms with Crippen molar-refractivity contribution < 1.29 is 28.5 Å². The number of rotatable bonds is 5. The monoisotopic (exact) mass is 457 g/mol. The number of carbonyl (C=O) groups excluding carboxylic acids is 2. The first-order chi connectivity index (χ1) is 16.6. The molecule has 2 amide bonds. The SMILES string of the molecule is COc1ccc(CN2C(=O)C(=Cc3cc(OC)c4c(c3)OCCO4)c3ccccc3C2=O)cc1. The van der Waals surface area contributed by atoms with Crippen molar-refractivity contribution >= 4 is 23.5 Å². The van der Waals surface area contributed by atoms with Crippen LogP contribution in [-0.2, 0) is 11.3 Å². The van der Waals surface area contributed by atoms with Gasteiger partial charge in [-0.2, -0.15) is 0 Å². The normalized spacial score (nSPS) is 15.8. The average molecular weight is 457 g/mol. The lowest BCUT2D eigenvalue weighted by Crippen LogP contribution is -2.41. The summed E-state index contributed by atoms with van der Waals surface area (Å²) in [6, 6.07) is 18.0. The fourth-order valence-electron chi connectivity index (χ4n) is 4.14. The Balaban J connectivity index is 1.57. The number of methoxy groups -OCH3 is 2. The van der Waals surface area contributed by atoms with Gasteiger partial charge in [-0.05, 0) is 53.1 Å². The molecular weight excluding hydrogens is 434 g/mol. The maximum atomic E-state index is 13.6. The minimum atomic E-state index is -0.367. The van der Waals surface area contributed by atoms with Crippen molar-refractivity contribution in [1.29, 1.82) is 0 Å². The fraction of sp³-hybridized carbons (Fsp3) is 0.185. The lowest BCUT2D eigenvalue weighted by Gasteiger charge is -2.29. The Hall–Kier alpha value is -4.26. The zero-order valence-corrected chi connectivity index (χ0v) is 18.9. The molecule has 7 heteroatoms. The zero-order valence-electron chi connectivity index (χ0n) is 18.9. The summed E-state index contributed by atoms with van der Waals surface area (Å²) in [5, 5.41) is 0. The summed E-state index contributed by atoms with van der Waals surface area (Å²) >= 11 is 0. The van der Waals surface area contributed by atoms with Crippen molar-refractivity contribution in [2.45, 2.75) is 6.54 Å². The predicted octanol–water partition coefficient (Wildman–Crippen LogP) is 4.20. The van der Waals surface area contributed by atoms with Crippen LogP contribution in [0.15, 0.2) is 60.7 Å². The van der Waals surface area contributed by atoms with Crippen LogP contribution in [0.3, 0.4) is 0 Å². The van der Waals surface area contributed by atoms with Crippen LogP contribution < -0.4 is 18.9 Å². The molecule has 0 saturated heterocycles. The van der Waals surface area contributed by atoms with E-state index in [4.69, 9.17) is 18.9 Å². The minimum Gasteiger partial charge on any atom is -0.497 e. The van der Waals surface area contributed by atoms with E-state index in [1.807, 2.05) is 24.3 Å². The fourth-order valence-corrected chi connectivity index (χ4v) is 4.14. The first-order valence-electron chi connectivity index (χ1n) is 10.9. The zero-order chi connectivity index (χ0) is 23.7. The largest absolute Gasteiger partial charge is 0.497 e. The van der Waals surface area contributed by atoms with E-state index in [-0.39, 0.29) is 18.4 Å². The van der Waals surface area contributed by atoms with Gasteiger partial charge in [-0.15, -0.1) is 0 Å². The van der Waals surface area contributed by atoms with E-state index in [1.54, 1.807) is 56.7 Å². The number of hydrogen-bond acceptors (Lipinski definition) is 6. The first-order valence-corrected chi connectivity index (χ1v) is 10.9. The molecule has 2 aliphatic rings. The second kappa shape index (κ2) is 8.94.